The van der Waals surface area contributed by atoms with Crippen LogP contribution in [0.15, 0.2) is 70.6 Å². The number of nitrogens with zero attached hydrogens (tertiary/aromatic N) is 3. The van der Waals surface area contributed by atoms with Gasteiger partial charge in [-0.3, -0.25) is 9.59 Å². The first kappa shape index (κ1) is 21.0. The quantitative estimate of drug-likeness (QED) is 0.455. The molecule has 2 aromatic heterocycles. The maximum Gasteiger partial charge on any atom is 0.231 e. The highest BCUT2D eigenvalue weighted by molar-refractivity contribution is 7.13. The van der Waals surface area contributed by atoms with Crippen molar-refractivity contribution in [3.8, 4) is 10.7 Å². The smallest absolute Gasteiger partial charge is 0.231 e. The van der Waals surface area contributed by atoms with Crippen LogP contribution in [0.5, 0.6) is 0 Å². The zero-order valence-corrected chi connectivity index (χ0v) is 18.2. The van der Waals surface area contributed by atoms with Crippen LogP contribution in [0.25, 0.3) is 10.7 Å². The fourth-order valence-corrected chi connectivity index (χ4v) is 4.43. The summed E-state index contributed by atoms with van der Waals surface area (Å²) >= 11 is 1.53. The van der Waals surface area contributed by atoms with E-state index in [1.165, 1.54) is 40.5 Å². The average Bonchev–Trinajstić information content (AvgIpc) is 3.57. The number of halogens is 1. The number of hydrogen-bond donors (Lipinski definition) is 1. The van der Waals surface area contributed by atoms with E-state index in [0.717, 1.165) is 10.4 Å². The third kappa shape index (κ3) is 4.54. The lowest BCUT2D eigenvalue weighted by molar-refractivity contribution is -0.122. The molecule has 1 aliphatic heterocycles. The maximum atomic E-state index is 13.2. The van der Waals surface area contributed by atoms with E-state index in [1.807, 2.05) is 35.7 Å². The number of carbonyl (C=O) groups excluding carboxylic acids is 2. The van der Waals surface area contributed by atoms with E-state index in [1.54, 1.807) is 6.07 Å². The molecule has 7 nitrogen and oxygen atoms in total. The number of nitrogens with one attached hydrogen (secondary N) is 1. The lowest BCUT2D eigenvalue weighted by Gasteiger charge is -2.17. The molecule has 0 spiro atoms. The summed E-state index contributed by atoms with van der Waals surface area (Å²) in [5.41, 5.74) is 2.04. The van der Waals surface area contributed by atoms with E-state index in [-0.39, 0.29) is 30.6 Å². The first-order valence-electron chi connectivity index (χ1n) is 10.4. The van der Waals surface area contributed by atoms with Crippen molar-refractivity contribution in [2.45, 2.75) is 12.8 Å². The summed E-state index contributed by atoms with van der Waals surface area (Å²) in [6.07, 6.45) is 0.458. The van der Waals surface area contributed by atoms with Crippen LogP contribution in [0.1, 0.15) is 17.9 Å². The first-order chi connectivity index (χ1) is 16.1. The number of carbonyl (C=O) groups is 2. The van der Waals surface area contributed by atoms with Crippen molar-refractivity contribution in [3.63, 3.8) is 0 Å². The molecule has 1 saturated heterocycles. The summed E-state index contributed by atoms with van der Waals surface area (Å²) in [5, 5.41) is 8.92. The Bertz CT molecular complexity index is 1290. The summed E-state index contributed by atoms with van der Waals surface area (Å²) in [7, 11) is 0. The van der Waals surface area contributed by atoms with Gasteiger partial charge in [-0.2, -0.15) is 4.98 Å². The monoisotopic (exact) mass is 462 g/mol. The zero-order chi connectivity index (χ0) is 22.8. The Morgan fingerprint density at radius 2 is 1.97 bits per heavy atom. The Labute approximate surface area is 192 Å². The highest BCUT2D eigenvalue weighted by atomic mass is 32.1. The topological polar surface area (TPSA) is 88.3 Å². The Morgan fingerprint density at radius 3 is 2.76 bits per heavy atom. The number of benzene rings is 2. The van der Waals surface area contributed by atoms with Crippen molar-refractivity contribution < 1.29 is 18.5 Å². The average molecular weight is 463 g/mol. The number of anilines is 2. The van der Waals surface area contributed by atoms with E-state index in [2.05, 4.69) is 15.5 Å². The lowest BCUT2D eigenvalue weighted by Crippen LogP contribution is -2.28. The van der Waals surface area contributed by atoms with Gasteiger partial charge in [0.2, 0.25) is 23.5 Å². The summed E-state index contributed by atoms with van der Waals surface area (Å²) < 4.78 is 18.6. The van der Waals surface area contributed by atoms with Gasteiger partial charge in [0.1, 0.15) is 5.82 Å². The minimum Gasteiger partial charge on any atom is -0.339 e. The van der Waals surface area contributed by atoms with Crippen LogP contribution in [0.3, 0.4) is 0 Å². The molecule has 1 fully saturated rings. The highest BCUT2D eigenvalue weighted by Gasteiger charge is 2.35. The fourth-order valence-electron chi connectivity index (χ4n) is 3.78. The molecule has 1 atom stereocenters. The maximum absolute atomic E-state index is 13.2. The van der Waals surface area contributed by atoms with Gasteiger partial charge in [0, 0.05) is 24.3 Å². The van der Waals surface area contributed by atoms with Crippen LogP contribution in [-0.4, -0.2) is 28.5 Å². The Kier molecular flexibility index (Phi) is 5.70. The fraction of sp³-hybridized carbons (Fsp3) is 0.167. The molecule has 3 heterocycles. The van der Waals surface area contributed by atoms with Gasteiger partial charge < -0.3 is 14.7 Å². The molecule has 5 rings (SSSR count). The molecule has 1 N–H and O–H groups in total. The molecule has 33 heavy (non-hydrogen) atoms. The van der Waals surface area contributed by atoms with Gasteiger partial charge in [0.25, 0.3) is 0 Å². The highest BCUT2D eigenvalue weighted by Crippen LogP contribution is 2.28. The second-order valence-corrected chi connectivity index (χ2v) is 8.64. The van der Waals surface area contributed by atoms with Crippen LogP contribution >= 0.6 is 11.3 Å². The minimum atomic E-state index is -0.510. The lowest BCUT2D eigenvalue weighted by atomic mass is 10.1. The molecule has 4 aromatic rings. The minimum absolute atomic E-state index is 0.0964. The Morgan fingerprint density at radius 1 is 1.15 bits per heavy atom. The standard InChI is InChI=1S/C24H19FN4O3S/c25-17-7-9-18(10-8-17)29-14-16(13-22(29)30)24(31)26-19-5-2-1-4-15(19)12-21-27-23(28-32-21)20-6-3-11-33-20/h1-11,16H,12-14H2,(H,26,31). The van der Waals surface area contributed by atoms with Crippen LogP contribution in [0, 0.1) is 11.7 Å². The molecule has 166 valence electrons. The van der Waals surface area contributed by atoms with Crippen molar-refractivity contribution in [1.82, 2.24) is 10.1 Å². The Hall–Kier alpha value is -3.85. The predicted molar refractivity (Wildman–Crippen MR) is 122 cm³/mol. The number of thiophene rings is 1. The van der Waals surface area contributed by atoms with Gasteiger partial charge >= 0.3 is 0 Å². The van der Waals surface area contributed by atoms with Crippen molar-refractivity contribution in [2.75, 3.05) is 16.8 Å². The predicted octanol–water partition coefficient (Wildman–Crippen LogP) is 4.52. The van der Waals surface area contributed by atoms with Gasteiger partial charge in [0.15, 0.2) is 0 Å². The summed E-state index contributed by atoms with van der Waals surface area (Å²) in [5.74, 6) is -0.317. The molecule has 0 radical (unpaired) electrons. The molecule has 0 aliphatic carbocycles. The van der Waals surface area contributed by atoms with E-state index < -0.39 is 5.92 Å². The second-order valence-electron chi connectivity index (χ2n) is 7.69. The SMILES string of the molecule is O=C(Nc1ccccc1Cc1nc(-c2cccs2)no1)C1CC(=O)N(c2ccc(F)cc2)C1. The number of amides is 2. The number of para-hydroxylation sites is 1. The molecule has 1 unspecified atom stereocenters. The molecular formula is C24H19FN4O3S. The van der Waals surface area contributed by atoms with Crippen LogP contribution in [0.4, 0.5) is 15.8 Å². The van der Waals surface area contributed by atoms with Gasteiger partial charge in [-0.15, -0.1) is 11.3 Å². The van der Waals surface area contributed by atoms with Gasteiger partial charge in [0.05, 0.1) is 17.2 Å². The molecule has 1 aliphatic rings. The van der Waals surface area contributed by atoms with Crippen LogP contribution in [0.2, 0.25) is 0 Å². The second kappa shape index (κ2) is 8.95. The number of hydrogen-bond acceptors (Lipinski definition) is 6. The third-order valence-electron chi connectivity index (χ3n) is 5.46. The summed E-state index contributed by atoms with van der Waals surface area (Å²) in [6.45, 7) is 0.242. The van der Waals surface area contributed by atoms with E-state index in [0.29, 0.717) is 29.5 Å². The van der Waals surface area contributed by atoms with E-state index in [9.17, 15) is 14.0 Å². The van der Waals surface area contributed by atoms with Gasteiger partial charge in [-0.25, -0.2) is 4.39 Å². The van der Waals surface area contributed by atoms with E-state index in [4.69, 9.17) is 4.52 Å². The molecule has 2 aromatic carbocycles. The number of rotatable bonds is 6. The molecule has 0 saturated carbocycles. The molecular weight excluding hydrogens is 443 g/mol. The van der Waals surface area contributed by atoms with Crippen molar-refractivity contribution in [2.24, 2.45) is 5.92 Å². The number of aromatic nitrogens is 2. The summed E-state index contributed by atoms with van der Waals surface area (Å²) in [6, 6.07) is 16.9. The third-order valence-corrected chi connectivity index (χ3v) is 6.33. The van der Waals surface area contributed by atoms with Crippen LogP contribution in [-0.2, 0) is 16.0 Å². The van der Waals surface area contributed by atoms with Crippen molar-refractivity contribution in [3.05, 3.63) is 83.3 Å². The van der Waals surface area contributed by atoms with E-state index >= 15 is 0 Å². The first-order valence-corrected chi connectivity index (χ1v) is 11.3. The molecule has 2 amide bonds. The molecule has 0 bridgehead atoms. The van der Waals surface area contributed by atoms with Crippen molar-refractivity contribution >= 4 is 34.5 Å². The normalized spacial score (nSPS) is 15.7. The van der Waals surface area contributed by atoms with Crippen molar-refractivity contribution in [1.29, 1.82) is 0 Å². The van der Waals surface area contributed by atoms with Gasteiger partial charge in [-0.05, 0) is 47.3 Å². The molecule has 9 heteroatoms. The zero-order valence-electron chi connectivity index (χ0n) is 17.4. The largest absolute Gasteiger partial charge is 0.339 e. The summed E-state index contributed by atoms with van der Waals surface area (Å²) in [4.78, 5) is 32.3. The van der Waals surface area contributed by atoms with Gasteiger partial charge in [-0.1, -0.05) is 29.4 Å². The van der Waals surface area contributed by atoms with Crippen LogP contribution < -0.4 is 10.2 Å². The Balaban J connectivity index is 1.28.